The first-order chi connectivity index (χ1) is 14.2. The Bertz CT molecular complexity index is 451. The maximum atomic E-state index is 12.4. The molecule has 1 rings (SSSR count). The third-order valence-electron chi connectivity index (χ3n) is 6.67. The molecule has 0 radical (unpaired) electrons. The van der Waals surface area contributed by atoms with Crippen molar-refractivity contribution in [2.45, 2.75) is 144 Å². The number of hydrogen-bond acceptors (Lipinski definition) is 4. The van der Waals surface area contributed by atoms with Crippen LogP contribution in [0.1, 0.15) is 131 Å². The van der Waals surface area contributed by atoms with Crippen LogP contribution in [0.15, 0.2) is 0 Å². The van der Waals surface area contributed by atoms with E-state index in [9.17, 15) is 9.59 Å². The SMILES string of the molecule is CCCCCCCCC(=O)OC1C(C)(C)C(OC(=O)CCCCCCCC)C1(C)C. The first-order valence-corrected chi connectivity index (χ1v) is 12.6. The Balaban J connectivity index is 2.37. The highest BCUT2D eigenvalue weighted by atomic mass is 16.6. The molecule has 30 heavy (non-hydrogen) atoms. The normalized spacial score (nSPS) is 21.7. The van der Waals surface area contributed by atoms with E-state index >= 15 is 0 Å². The average molecular weight is 425 g/mol. The second-order valence-electron chi connectivity index (χ2n) is 10.4. The van der Waals surface area contributed by atoms with Crippen LogP contribution in [-0.2, 0) is 19.1 Å². The quantitative estimate of drug-likeness (QED) is 0.192. The van der Waals surface area contributed by atoms with Crippen molar-refractivity contribution < 1.29 is 19.1 Å². The Kier molecular flexibility index (Phi) is 12.0. The number of esters is 2. The molecule has 0 heterocycles. The van der Waals surface area contributed by atoms with Gasteiger partial charge in [0.15, 0.2) is 0 Å². The van der Waals surface area contributed by atoms with Gasteiger partial charge in [-0.15, -0.1) is 0 Å². The summed E-state index contributed by atoms with van der Waals surface area (Å²) in [6.45, 7) is 12.6. The molecule has 0 spiro atoms. The molecule has 4 heteroatoms. The summed E-state index contributed by atoms with van der Waals surface area (Å²) in [7, 11) is 0. The Morgan fingerprint density at radius 2 is 0.867 bits per heavy atom. The third kappa shape index (κ3) is 8.23. The minimum Gasteiger partial charge on any atom is -0.461 e. The molecule has 0 N–H and O–H groups in total. The second-order valence-corrected chi connectivity index (χ2v) is 10.4. The average Bonchev–Trinajstić information content (AvgIpc) is 2.69. The number of ether oxygens (including phenoxy) is 2. The Labute approximate surface area is 185 Å². The molecule has 0 amide bonds. The standard InChI is InChI=1S/C26H48O4/c1-7-9-11-13-15-17-19-21(27)29-23-25(3,4)24(26(23,5)6)30-22(28)20-18-16-14-12-10-8-2/h23-24H,7-20H2,1-6H3. The molecule has 0 saturated heterocycles. The minimum absolute atomic E-state index is 0.117. The van der Waals surface area contributed by atoms with Gasteiger partial charge >= 0.3 is 11.9 Å². The molecule has 1 fully saturated rings. The topological polar surface area (TPSA) is 52.6 Å². The Morgan fingerprint density at radius 3 is 1.20 bits per heavy atom. The lowest BCUT2D eigenvalue weighted by atomic mass is 9.51. The van der Waals surface area contributed by atoms with Gasteiger partial charge in [0.25, 0.3) is 0 Å². The van der Waals surface area contributed by atoms with Gasteiger partial charge in [-0.1, -0.05) is 106 Å². The van der Waals surface area contributed by atoms with Crippen LogP contribution in [0.2, 0.25) is 0 Å². The van der Waals surface area contributed by atoms with Crippen LogP contribution >= 0.6 is 0 Å². The molecule has 0 unspecified atom stereocenters. The lowest BCUT2D eigenvalue weighted by Gasteiger charge is -2.61. The summed E-state index contributed by atoms with van der Waals surface area (Å²) in [6, 6.07) is 0. The summed E-state index contributed by atoms with van der Waals surface area (Å²) >= 11 is 0. The fraction of sp³-hybridized carbons (Fsp3) is 0.923. The van der Waals surface area contributed by atoms with Gasteiger partial charge in [-0.3, -0.25) is 9.59 Å². The number of hydrogen-bond donors (Lipinski definition) is 0. The van der Waals surface area contributed by atoms with Crippen molar-refractivity contribution in [1.29, 1.82) is 0 Å². The molecule has 0 aromatic heterocycles. The van der Waals surface area contributed by atoms with E-state index in [4.69, 9.17) is 9.47 Å². The van der Waals surface area contributed by atoms with Gasteiger partial charge in [-0.2, -0.15) is 0 Å². The van der Waals surface area contributed by atoms with Crippen LogP contribution in [0.3, 0.4) is 0 Å². The van der Waals surface area contributed by atoms with Gasteiger partial charge in [-0.05, 0) is 12.8 Å². The molecule has 1 aliphatic carbocycles. The highest BCUT2D eigenvalue weighted by molar-refractivity contribution is 5.71. The molecule has 0 aromatic rings. The van der Waals surface area contributed by atoms with Crippen molar-refractivity contribution in [3.05, 3.63) is 0 Å². The predicted octanol–water partition coefficient (Wildman–Crippen LogP) is 7.38. The van der Waals surface area contributed by atoms with E-state index in [1.54, 1.807) is 0 Å². The molecule has 176 valence electrons. The summed E-state index contributed by atoms with van der Waals surface area (Å²) in [6.07, 6.45) is 14.4. The monoisotopic (exact) mass is 424 g/mol. The van der Waals surface area contributed by atoms with Crippen LogP contribution < -0.4 is 0 Å². The fourth-order valence-electron chi connectivity index (χ4n) is 5.18. The molecule has 0 aliphatic heterocycles. The zero-order valence-electron chi connectivity index (χ0n) is 20.7. The number of carbonyl (C=O) groups excluding carboxylic acids is 2. The molecule has 1 aliphatic rings. The number of unbranched alkanes of at least 4 members (excludes halogenated alkanes) is 10. The summed E-state index contributed by atoms with van der Waals surface area (Å²) in [5.41, 5.74) is -0.700. The van der Waals surface area contributed by atoms with Crippen molar-refractivity contribution in [3.8, 4) is 0 Å². The van der Waals surface area contributed by atoms with Crippen LogP contribution in [0.25, 0.3) is 0 Å². The summed E-state index contributed by atoms with van der Waals surface area (Å²) in [4.78, 5) is 24.7. The summed E-state index contributed by atoms with van der Waals surface area (Å²) in [5, 5.41) is 0. The molecule has 0 bridgehead atoms. The molecular weight excluding hydrogens is 376 g/mol. The molecular formula is C26H48O4. The van der Waals surface area contributed by atoms with E-state index in [1.165, 1.54) is 51.4 Å². The first-order valence-electron chi connectivity index (χ1n) is 12.6. The molecule has 0 atom stereocenters. The van der Waals surface area contributed by atoms with E-state index < -0.39 is 0 Å². The second kappa shape index (κ2) is 13.4. The Hall–Kier alpha value is -1.06. The number of rotatable bonds is 16. The van der Waals surface area contributed by atoms with Crippen molar-refractivity contribution in [2.75, 3.05) is 0 Å². The van der Waals surface area contributed by atoms with E-state index in [2.05, 4.69) is 13.8 Å². The lowest BCUT2D eigenvalue weighted by Crippen LogP contribution is -2.69. The van der Waals surface area contributed by atoms with E-state index in [-0.39, 0.29) is 35.0 Å². The van der Waals surface area contributed by atoms with Crippen LogP contribution in [0, 0.1) is 10.8 Å². The van der Waals surface area contributed by atoms with Gasteiger partial charge in [0.2, 0.25) is 0 Å². The van der Waals surface area contributed by atoms with Crippen LogP contribution in [-0.4, -0.2) is 24.1 Å². The summed E-state index contributed by atoms with van der Waals surface area (Å²) < 4.78 is 11.7. The molecule has 1 saturated carbocycles. The van der Waals surface area contributed by atoms with E-state index in [0.717, 1.165) is 25.7 Å². The number of carbonyl (C=O) groups is 2. The van der Waals surface area contributed by atoms with Crippen molar-refractivity contribution in [1.82, 2.24) is 0 Å². The van der Waals surface area contributed by atoms with Crippen molar-refractivity contribution in [3.63, 3.8) is 0 Å². The molecule has 0 aromatic carbocycles. The zero-order valence-corrected chi connectivity index (χ0v) is 20.7. The summed E-state index contributed by atoms with van der Waals surface area (Å²) in [5.74, 6) is -0.234. The first kappa shape index (κ1) is 27.0. The van der Waals surface area contributed by atoms with Gasteiger partial charge in [0.1, 0.15) is 12.2 Å². The highest BCUT2D eigenvalue weighted by Crippen LogP contribution is 2.57. The van der Waals surface area contributed by atoms with Crippen LogP contribution in [0.5, 0.6) is 0 Å². The van der Waals surface area contributed by atoms with E-state index in [0.29, 0.717) is 12.8 Å². The van der Waals surface area contributed by atoms with E-state index in [1.807, 2.05) is 27.7 Å². The zero-order chi connectivity index (χ0) is 22.6. The fourth-order valence-corrected chi connectivity index (χ4v) is 5.18. The Morgan fingerprint density at radius 1 is 0.567 bits per heavy atom. The van der Waals surface area contributed by atoms with Crippen molar-refractivity contribution in [2.24, 2.45) is 10.8 Å². The van der Waals surface area contributed by atoms with Crippen LogP contribution in [0.4, 0.5) is 0 Å². The van der Waals surface area contributed by atoms with Gasteiger partial charge in [0, 0.05) is 23.7 Å². The smallest absolute Gasteiger partial charge is 0.306 e. The molecule has 4 nitrogen and oxygen atoms in total. The van der Waals surface area contributed by atoms with Crippen molar-refractivity contribution >= 4 is 11.9 Å². The van der Waals surface area contributed by atoms with Gasteiger partial charge in [0.05, 0.1) is 0 Å². The maximum absolute atomic E-state index is 12.4. The van der Waals surface area contributed by atoms with Gasteiger partial charge < -0.3 is 9.47 Å². The maximum Gasteiger partial charge on any atom is 0.306 e. The van der Waals surface area contributed by atoms with Gasteiger partial charge in [-0.25, -0.2) is 0 Å². The lowest BCUT2D eigenvalue weighted by molar-refractivity contribution is -0.268. The highest BCUT2D eigenvalue weighted by Gasteiger charge is 2.66. The third-order valence-corrected chi connectivity index (χ3v) is 6.67. The predicted molar refractivity (Wildman–Crippen MR) is 123 cm³/mol. The minimum atomic E-state index is -0.350. The largest absolute Gasteiger partial charge is 0.461 e.